The molecule has 0 aliphatic heterocycles. The number of hydrogen-bond donors (Lipinski definition) is 0. The highest BCUT2D eigenvalue weighted by Crippen LogP contribution is 2.28. The van der Waals surface area contributed by atoms with Crippen LogP contribution in [0.15, 0.2) is 29.4 Å². The van der Waals surface area contributed by atoms with Gasteiger partial charge in [0.15, 0.2) is 6.20 Å². The Morgan fingerprint density at radius 1 is 1.50 bits per heavy atom. The van der Waals surface area contributed by atoms with E-state index in [4.69, 9.17) is 0 Å². The van der Waals surface area contributed by atoms with E-state index in [0.29, 0.717) is 0 Å². The molecule has 0 spiro atoms. The summed E-state index contributed by atoms with van der Waals surface area (Å²) < 4.78 is 0.896. The van der Waals surface area contributed by atoms with Gasteiger partial charge in [0.2, 0.25) is 0 Å². The van der Waals surface area contributed by atoms with Gasteiger partial charge in [0.05, 0.1) is 0 Å². The largest absolute Gasteiger partial charge is 0.618 e. The molecule has 0 radical (unpaired) electrons. The normalized spacial score (nSPS) is 10.1. The average molecular weight is 201 g/mol. The van der Waals surface area contributed by atoms with Crippen molar-refractivity contribution in [3.63, 3.8) is 0 Å². The van der Waals surface area contributed by atoms with Gasteiger partial charge in [-0.3, -0.25) is 0 Å². The fraction of sp³-hybridized carbons (Fsp3) is 0.375. The highest BCUT2D eigenvalue weighted by Gasteiger charge is 2.02. The molecule has 1 heterocycles. The summed E-state index contributed by atoms with van der Waals surface area (Å²) >= 11 is 0. The molecule has 1 rings (SSSR count). The quantitative estimate of drug-likeness (QED) is 0.324. The summed E-state index contributed by atoms with van der Waals surface area (Å²) in [5, 5.41) is 11.9. The van der Waals surface area contributed by atoms with E-state index >= 15 is 0 Å². The zero-order chi connectivity index (χ0) is 8.81. The summed E-state index contributed by atoms with van der Waals surface area (Å²) in [5.74, 6) is 1.08. The van der Waals surface area contributed by atoms with Crippen LogP contribution in [0, 0.1) is 5.21 Å². The van der Waals surface area contributed by atoms with Crippen molar-refractivity contribution in [3.8, 4) is 0 Å². The number of hydrogen-bond acceptors (Lipinski definition) is 3. The molecule has 4 heteroatoms. The van der Waals surface area contributed by atoms with Crippen LogP contribution in [0.4, 0.5) is 0 Å². The number of rotatable bonds is 4. The van der Waals surface area contributed by atoms with Crippen LogP contribution in [0.3, 0.4) is 0 Å². The second-order valence-electron chi connectivity index (χ2n) is 2.27. The zero-order valence-electron chi connectivity index (χ0n) is 6.90. The number of nitrogens with zero attached hydrogens (tertiary/aromatic N) is 1. The van der Waals surface area contributed by atoms with E-state index in [1.165, 1.54) is 17.0 Å². The molecule has 0 amide bonds. The van der Waals surface area contributed by atoms with Gasteiger partial charge in [0, 0.05) is 28.7 Å². The van der Waals surface area contributed by atoms with Crippen LogP contribution in [0.1, 0.15) is 13.3 Å². The first kappa shape index (κ1) is 9.74. The summed E-state index contributed by atoms with van der Waals surface area (Å²) in [7, 11) is 3.26. The van der Waals surface area contributed by atoms with E-state index in [2.05, 4.69) is 6.92 Å². The van der Waals surface area contributed by atoms with Crippen molar-refractivity contribution in [1.29, 1.82) is 0 Å². The van der Waals surface area contributed by atoms with E-state index in [1.54, 1.807) is 16.9 Å². The smallest absolute Gasteiger partial charge is 0.261 e. The lowest BCUT2D eigenvalue weighted by Gasteiger charge is -2.00. The molecule has 0 atom stereocenters. The Morgan fingerprint density at radius 3 is 3.00 bits per heavy atom. The fourth-order valence-corrected chi connectivity index (χ4v) is 2.80. The lowest BCUT2D eigenvalue weighted by atomic mass is 10.5. The van der Waals surface area contributed by atoms with Crippen LogP contribution in [0.25, 0.3) is 0 Å². The van der Waals surface area contributed by atoms with E-state index < -0.39 is 0 Å². The van der Waals surface area contributed by atoms with Crippen LogP contribution < -0.4 is 4.73 Å². The third-order valence-electron chi connectivity index (χ3n) is 1.22. The zero-order valence-corrected chi connectivity index (χ0v) is 8.53. The molecule has 0 aliphatic rings. The maximum absolute atomic E-state index is 11.1. The maximum Gasteiger partial charge on any atom is 0.261 e. The summed E-state index contributed by atoms with van der Waals surface area (Å²) in [6.07, 6.45) is 2.66. The van der Waals surface area contributed by atoms with Gasteiger partial charge < -0.3 is 5.21 Å². The predicted molar refractivity (Wildman–Crippen MR) is 54.0 cm³/mol. The number of aromatic nitrogens is 1. The van der Waals surface area contributed by atoms with Gasteiger partial charge >= 0.3 is 0 Å². The third-order valence-corrected chi connectivity index (χ3v) is 3.77. The molecular formula is C8H11NOS2. The molecule has 0 saturated carbocycles. The Labute approximate surface area is 80.4 Å². The molecule has 0 unspecified atom stereocenters. The maximum atomic E-state index is 11.1. The first-order chi connectivity index (χ1) is 5.84. The molecule has 1 aromatic heterocycles. The van der Waals surface area contributed by atoms with Gasteiger partial charge in [-0.05, 0) is 12.5 Å². The highest BCUT2D eigenvalue weighted by molar-refractivity contribution is 8.76. The van der Waals surface area contributed by atoms with E-state index in [1.807, 2.05) is 12.1 Å². The van der Waals surface area contributed by atoms with Crippen molar-refractivity contribution >= 4 is 21.6 Å². The Morgan fingerprint density at radius 2 is 2.33 bits per heavy atom. The molecule has 2 nitrogen and oxygen atoms in total. The first-order valence-electron chi connectivity index (χ1n) is 3.82. The Balaban J connectivity index is 2.46. The minimum absolute atomic E-state index is 0.760. The van der Waals surface area contributed by atoms with Gasteiger partial charge in [0.25, 0.3) is 5.03 Å². The van der Waals surface area contributed by atoms with Crippen LogP contribution in [0.5, 0.6) is 0 Å². The van der Waals surface area contributed by atoms with Crippen LogP contribution in [0.2, 0.25) is 0 Å². The Kier molecular flexibility index (Phi) is 4.32. The van der Waals surface area contributed by atoms with Gasteiger partial charge in [-0.25, -0.2) is 0 Å². The summed E-state index contributed by atoms with van der Waals surface area (Å²) in [6, 6.07) is 5.45. The van der Waals surface area contributed by atoms with E-state index in [-0.39, 0.29) is 0 Å². The first-order valence-corrected chi connectivity index (χ1v) is 6.14. The Bertz CT molecular complexity index is 242. The minimum atomic E-state index is 0.760. The lowest BCUT2D eigenvalue weighted by molar-refractivity contribution is -0.645. The highest BCUT2D eigenvalue weighted by atomic mass is 33.1. The van der Waals surface area contributed by atoms with Crippen molar-refractivity contribution in [2.45, 2.75) is 18.4 Å². The van der Waals surface area contributed by atoms with Gasteiger partial charge in [-0.2, -0.15) is 4.73 Å². The van der Waals surface area contributed by atoms with Crippen LogP contribution in [-0.2, 0) is 0 Å². The second kappa shape index (κ2) is 5.32. The SMILES string of the molecule is CCCSSc1cccc[n+]1[O-]. The molecule has 0 N–H and O–H groups in total. The summed E-state index contributed by atoms with van der Waals surface area (Å²) in [4.78, 5) is 0. The van der Waals surface area contributed by atoms with Crippen molar-refractivity contribution < 1.29 is 4.73 Å². The van der Waals surface area contributed by atoms with Crippen LogP contribution in [-0.4, -0.2) is 5.75 Å². The fourth-order valence-electron chi connectivity index (χ4n) is 0.663. The molecule has 0 fully saturated rings. The Hall–Kier alpha value is -0.350. The van der Waals surface area contributed by atoms with Crippen LogP contribution >= 0.6 is 21.6 Å². The predicted octanol–water partition coefficient (Wildman–Crippen LogP) is 2.47. The van der Waals surface area contributed by atoms with Gasteiger partial charge in [-0.15, -0.1) is 0 Å². The van der Waals surface area contributed by atoms with E-state index in [9.17, 15) is 5.21 Å². The molecule has 0 aromatic carbocycles. The summed E-state index contributed by atoms with van der Waals surface area (Å²) in [6.45, 7) is 2.13. The summed E-state index contributed by atoms with van der Waals surface area (Å²) in [5.41, 5.74) is 0. The molecular weight excluding hydrogens is 190 g/mol. The molecule has 0 aliphatic carbocycles. The minimum Gasteiger partial charge on any atom is -0.618 e. The molecule has 12 heavy (non-hydrogen) atoms. The molecule has 0 saturated heterocycles. The van der Waals surface area contributed by atoms with Crippen molar-refractivity contribution in [2.75, 3.05) is 5.75 Å². The van der Waals surface area contributed by atoms with Gasteiger partial charge in [0.1, 0.15) is 0 Å². The number of pyridine rings is 1. The van der Waals surface area contributed by atoms with Gasteiger partial charge in [-0.1, -0.05) is 17.7 Å². The monoisotopic (exact) mass is 201 g/mol. The molecule has 66 valence electrons. The lowest BCUT2D eigenvalue weighted by Crippen LogP contribution is -2.27. The standard InChI is InChI=1S/C8H11NOS2/c1-2-7-11-12-8-5-3-4-6-9(8)10/h3-6H,2,7H2,1H3. The molecule has 1 aromatic rings. The topological polar surface area (TPSA) is 26.9 Å². The van der Waals surface area contributed by atoms with Crippen molar-refractivity contribution in [1.82, 2.24) is 0 Å². The average Bonchev–Trinajstić information content (AvgIpc) is 2.09. The van der Waals surface area contributed by atoms with Crippen molar-refractivity contribution in [3.05, 3.63) is 29.6 Å². The third kappa shape index (κ3) is 2.95. The van der Waals surface area contributed by atoms with E-state index in [0.717, 1.165) is 21.9 Å². The van der Waals surface area contributed by atoms with Crippen molar-refractivity contribution in [2.24, 2.45) is 0 Å². The second-order valence-corrected chi connectivity index (χ2v) is 4.71. The molecule has 0 bridgehead atoms.